The third-order valence-electron chi connectivity index (χ3n) is 11.0. The summed E-state index contributed by atoms with van der Waals surface area (Å²) in [5.74, 6) is 3.38. The normalized spacial score (nSPS) is 49.2. The van der Waals surface area contributed by atoms with Crippen molar-refractivity contribution in [1.82, 2.24) is 5.32 Å². The number of hydrogen-bond donors (Lipinski definition) is 2. The summed E-state index contributed by atoms with van der Waals surface area (Å²) in [6.45, 7) is 12.5. The maximum atomic E-state index is 10.3. The average molecular weight is 400 g/mol. The van der Waals surface area contributed by atoms with Crippen LogP contribution < -0.4 is 5.32 Å². The molecule has 8 atom stereocenters. The number of nitrogens with one attached hydrogen (secondary N) is 1. The van der Waals surface area contributed by atoms with E-state index in [0.717, 1.165) is 42.6 Å². The molecule has 2 heteroatoms. The van der Waals surface area contributed by atoms with E-state index < -0.39 is 0 Å². The first-order chi connectivity index (χ1) is 13.6. The largest absolute Gasteiger partial charge is 0.393 e. The van der Waals surface area contributed by atoms with Crippen LogP contribution in [0.1, 0.15) is 105 Å². The van der Waals surface area contributed by atoms with Gasteiger partial charge in [-0.1, -0.05) is 31.9 Å². The minimum Gasteiger partial charge on any atom is -0.393 e. The van der Waals surface area contributed by atoms with Crippen LogP contribution in [0, 0.1) is 34.5 Å². The molecule has 1 aliphatic heterocycles. The van der Waals surface area contributed by atoms with Crippen LogP contribution in [-0.4, -0.2) is 22.8 Å². The Morgan fingerprint density at radius 2 is 1.79 bits per heavy atom. The molecule has 0 aromatic heterocycles. The number of rotatable bonds is 4. The van der Waals surface area contributed by atoms with Crippen molar-refractivity contribution in [3.8, 4) is 0 Å². The van der Waals surface area contributed by atoms with E-state index in [2.05, 4.69) is 39.9 Å². The minimum atomic E-state index is -0.0354. The summed E-state index contributed by atoms with van der Waals surface area (Å²) in [6, 6.07) is 0.757. The summed E-state index contributed by atoms with van der Waals surface area (Å²) >= 11 is 0. The second-order valence-electron chi connectivity index (χ2n) is 12.8. The summed E-state index contributed by atoms with van der Waals surface area (Å²) in [4.78, 5) is 0. The van der Waals surface area contributed by atoms with E-state index in [9.17, 15) is 5.11 Å². The fraction of sp³-hybridized carbons (Fsp3) is 0.926. The highest BCUT2D eigenvalue weighted by atomic mass is 16.3. The molecule has 2 saturated carbocycles. The Hall–Kier alpha value is -0.340. The van der Waals surface area contributed by atoms with Gasteiger partial charge in [-0.15, -0.1) is 0 Å². The van der Waals surface area contributed by atoms with Gasteiger partial charge in [-0.3, -0.25) is 0 Å². The Balaban J connectivity index is 1.33. The molecule has 5 rings (SSSR count). The van der Waals surface area contributed by atoms with E-state index >= 15 is 0 Å². The molecule has 2 nitrogen and oxygen atoms in total. The van der Waals surface area contributed by atoms with Crippen LogP contribution in [0.5, 0.6) is 0 Å². The summed E-state index contributed by atoms with van der Waals surface area (Å²) in [5, 5.41) is 13.9. The molecule has 5 aliphatic rings. The molecule has 4 aliphatic carbocycles. The monoisotopic (exact) mass is 399 g/mol. The zero-order valence-electron chi connectivity index (χ0n) is 19.7. The number of hydrogen-bond acceptors (Lipinski definition) is 2. The quantitative estimate of drug-likeness (QED) is 0.434. The first-order valence-corrected chi connectivity index (χ1v) is 12.8. The highest BCUT2D eigenvalue weighted by Gasteiger charge is 2.56. The molecule has 164 valence electrons. The number of allylic oxidation sites excluding steroid dienone is 2. The van der Waals surface area contributed by atoms with Crippen LogP contribution in [0.2, 0.25) is 0 Å². The van der Waals surface area contributed by atoms with Crippen molar-refractivity contribution in [3.05, 3.63) is 11.1 Å². The average Bonchev–Trinajstić information content (AvgIpc) is 3.11. The van der Waals surface area contributed by atoms with Crippen molar-refractivity contribution in [2.75, 3.05) is 0 Å². The third kappa shape index (κ3) is 3.18. The molecule has 3 fully saturated rings. The van der Waals surface area contributed by atoms with Gasteiger partial charge in [0.25, 0.3) is 0 Å². The molecule has 0 bridgehead atoms. The molecule has 0 spiro atoms. The Labute approximate surface area is 179 Å². The predicted molar refractivity (Wildman–Crippen MR) is 121 cm³/mol. The van der Waals surface area contributed by atoms with Crippen molar-refractivity contribution < 1.29 is 5.11 Å². The van der Waals surface area contributed by atoms with Gasteiger partial charge in [0.2, 0.25) is 0 Å². The molecular formula is C27H45NO. The lowest BCUT2D eigenvalue weighted by Gasteiger charge is -2.55. The van der Waals surface area contributed by atoms with Crippen LogP contribution in [0.4, 0.5) is 0 Å². The summed E-state index contributed by atoms with van der Waals surface area (Å²) < 4.78 is 0. The predicted octanol–water partition coefficient (Wildman–Crippen LogP) is 6.24. The Kier molecular flexibility index (Phi) is 4.84. The van der Waals surface area contributed by atoms with Crippen LogP contribution >= 0.6 is 0 Å². The van der Waals surface area contributed by atoms with Gasteiger partial charge in [-0.05, 0) is 119 Å². The van der Waals surface area contributed by atoms with Crippen LogP contribution in [-0.2, 0) is 0 Å². The van der Waals surface area contributed by atoms with Gasteiger partial charge < -0.3 is 10.4 Å². The van der Waals surface area contributed by atoms with Crippen molar-refractivity contribution in [2.24, 2.45) is 34.5 Å². The molecule has 0 radical (unpaired) electrons. The summed E-state index contributed by atoms with van der Waals surface area (Å²) in [5.41, 5.74) is 5.13. The Morgan fingerprint density at radius 3 is 2.52 bits per heavy atom. The van der Waals surface area contributed by atoms with Gasteiger partial charge in [0.15, 0.2) is 0 Å². The second kappa shape index (κ2) is 6.83. The highest BCUT2D eigenvalue weighted by Crippen LogP contribution is 2.66. The highest BCUT2D eigenvalue weighted by molar-refractivity contribution is 5.34. The molecule has 0 aromatic rings. The van der Waals surface area contributed by atoms with Gasteiger partial charge in [0.1, 0.15) is 0 Å². The lowest BCUT2D eigenvalue weighted by atomic mass is 9.50. The van der Waals surface area contributed by atoms with Gasteiger partial charge >= 0.3 is 0 Å². The van der Waals surface area contributed by atoms with E-state index in [1.54, 1.807) is 0 Å². The first kappa shape index (κ1) is 20.6. The zero-order valence-corrected chi connectivity index (χ0v) is 19.7. The number of aliphatic hydroxyl groups excluding tert-OH is 1. The molecule has 0 aromatic carbocycles. The smallest absolute Gasteiger partial charge is 0.0543 e. The van der Waals surface area contributed by atoms with E-state index in [0.29, 0.717) is 16.4 Å². The SMILES string of the molecule is C[C@H](CC[C@H]1NC1(C)C)[C@H]1CC[C@H]2C3=C(CC[C@]12C)[C@@]1(C)CC[C@H](O)C[C@@H]1CC3. The van der Waals surface area contributed by atoms with Gasteiger partial charge in [-0.25, -0.2) is 0 Å². The molecule has 0 amide bonds. The van der Waals surface area contributed by atoms with Gasteiger partial charge in [0, 0.05) is 11.6 Å². The van der Waals surface area contributed by atoms with E-state index in [1.807, 2.05) is 11.1 Å². The van der Waals surface area contributed by atoms with Crippen LogP contribution in [0.15, 0.2) is 11.1 Å². The lowest BCUT2D eigenvalue weighted by Crippen LogP contribution is -2.45. The number of aliphatic hydroxyl groups is 1. The molecule has 1 heterocycles. The maximum absolute atomic E-state index is 10.3. The fourth-order valence-electron chi connectivity index (χ4n) is 8.88. The maximum Gasteiger partial charge on any atom is 0.0543 e. The first-order valence-electron chi connectivity index (χ1n) is 12.8. The van der Waals surface area contributed by atoms with Gasteiger partial charge in [0.05, 0.1) is 6.10 Å². The van der Waals surface area contributed by atoms with Crippen LogP contribution in [0.3, 0.4) is 0 Å². The van der Waals surface area contributed by atoms with Crippen molar-refractivity contribution in [1.29, 1.82) is 0 Å². The number of fused-ring (bicyclic) bond motifs is 4. The lowest BCUT2D eigenvalue weighted by molar-refractivity contribution is 0.0132. The second-order valence-corrected chi connectivity index (χ2v) is 12.8. The summed E-state index contributed by atoms with van der Waals surface area (Å²) in [7, 11) is 0. The molecular weight excluding hydrogens is 354 g/mol. The molecule has 1 saturated heterocycles. The Bertz CT molecular complexity index is 695. The molecule has 2 N–H and O–H groups in total. The minimum absolute atomic E-state index is 0.0354. The van der Waals surface area contributed by atoms with Crippen molar-refractivity contribution in [3.63, 3.8) is 0 Å². The third-order valence-corrected chi connectivity index (χ3v) is 11.0. The standard InChI is InChI=1S/C27H45NO/c1-17(6-11-24-25(2,3)28-24)21-9-10-22-20-8-7-18-16-19(29)12-14-26(18,4)23(20)13-15-27(21,22)5/h17-19,21-22,24,28-29H,6-16H2,1-5H3/t17-,18+,19+,21-,22+,24-,26+,27-/m1/s1. The van der Waals surface area contributed by atoms with Crippen LogP contribution in [0.25, 0.3) is 0 Å². The van der Waals surface area contributed by atoms with Crippen molar-refractivity contribution >= 4 is 0 Å². The summed E-state index contributed by atoms with van der Waals surface area (Å²) in [6.07, 6.45) is 14.4. The van der Waals surface area contributed by atoms with E-state index in [1.165, 1.54) is 57.8 Å². The topological polar surface area (TPSA) is 42.2 Å². The van der Waals surface area contributed by atoms with Gasteiger partial charge in [-0.2, -0.15) is 0 Å². The Morgan fingerprint density at radius 1 is 1.03 bits per heavy atom. The zero-order chi connectivity index (χ0) is 20.6. The van der Waals surface area contributed by atoms with E-state index in [-0.39, 0.29) is 6.10 Å². The molecule has 29 heavy (non-hydrogen) atoms. The molecule has 0 unspecified atom stereocenters. The van der Waals surface area contributed by atoms with Crippen molar-refractivity contribution in [2.45, 2.75) is 123 Å². The van der Waals surface area contributed by atoms with E-state index in [4.69, 9.17) is 0 Å². The fourth-order valence-corrected chi connectivity index (χ4v) is 8.88.